The fraction of sp³-hybridized carbons (Fsp3) is 0.286. The zero-order valence-corrected chi connectivity index (χ0v) is 29.2. The lowest BCUT2D eigenvalue weighted by Crippen LogP contribution is -2.46. The van der Waals surface area contributed by atoms with E-state index in [2.05, 4.69) is 18.3 Å². The second-order valence-electron chi connectivity index (χ2n) is 14.0. The van der Waals surface area contributed by atoms with E-state index in [1.165, 1.54) is 4.90 Å². The van der Waals surface area contributed by atoms with Crippen molar-refractivity contribution in [2.45, 2.75) is 52.5 Å². The van der Waals surface area contributed by atoms with Gasteiger partial charge >= 0.3 is 7.12 Å². The number of carbonyl (C=O) groups is 2. The van der Waals surface area contributed by atoms with Crippen molar-refractivity contribution in [2.75, 3.05) is 16.8 Å². The second-order valence-corrected chi connectivity index (χ2v) is 14.0. The van der Waals surface area contributed by atoms with Crippen LogP contribution in [0.15, 0.2) is 114 Å². The predicted octanol–water partition coefficient (Wildman–Crippen LogP) is 8.02. The number of rotatable bonds is 10. The number of phenolic OH excluding ortho intramolecular Hbond substituents is 1. The van der Waals surface area contributed by atoms with Crippen LogP contribution in [0.25, 0.3) is 6.08 Å². The lowest BCUT2D eigenvalue weighted by atomic mass is 9.58. The van der Waals surface area contributed by atoms with Gasteiger partial charge in [0, 0.05) is 11.4 Å². The highest BCUT2D eigenvalue weighted by Crippen LogP contribution is 2.51. The van der Waals surface area contributed by atoms with Gasteiger partial charge in [0.25, 0.3) is 0 Å². The van der Waals surface area contributed by atoms with Crippen LogP contribution in [0.1, 0.15) is 42.9 Å². The van der Waals surface area contributed by atoms with Gasteiger partial charge in [-0.2, -0.15) is 0 Å². The number of phenols is 1. The highest BCUT2D eigenvalue weighted by atomic mass is 16.5. The average molecular weight is 683 g/mol. The first-order valence-electron chi connectivity index (χ1n) is 17.7. The van der Waals surface area contributed by atoms with Crippen LogP contribution in [-0.4, -0.2) is 41.8 Å². The Morgan fingerprint density at radius 2 is 1.57 bits per heavy atom. The molecule has 51 heavy (non-hydrogen) atoms. The van der Waals surface area contributed by atoms with E-state index >= 15 is 0 Å². The fourth-order valence-corrected chi connectivity index (χ4v) is 8.01. The minimum absolute atomic E-state index is 0.221. The van der Waals surface area contributed by atoms with Crippen LogP contribution in [0.5, 0.6) is 11.5 Å². The summed E-state index contributed by atoms with van der Waals surface area (Å²) in [4.78, 5) is 29.8. The van der Waals surface area contributed by atoms with Crippen molar-refractivity contribution in [2.24, 2.45) is 17.8 Å². The van der Waals surface area contributed by atoms with Crippen molar-refractivity contribution in [1.82, 2.24) is 0 Å². The van der Waals surface area contributed by atoms with Gasteiger partial charge in [-0.15, -0.1) is 0 Å². The lowest BCUT2D eigenvalue weighted by Gasteiger charge is -2.43. The number of nitrogens with zero attached hydrogens (tertiary/aromatic N) is 1. The SMILES string of the molecule is C/C(=C\c1cc(C)c(O)c(C)c1)CC[C@H]1OB(O)C[C@H]2C1=C(COc1ccccc1)C[C@H]1C(=O)N(c3ccc(Nc4ccccc4)cc3)C(=O)[C@H]12. The number of imide groups is 1. The molecule has 3 aliphatic rings. The summed E-state index contributed by atoms with van der Waals surface area (Å²) in [5.41, 5.74) is 8.05. The first-order chi connectivity index (χ1) is 24.7. The van der Waals surface area contributed by atoms with Gasteiger partial charge in [-0.3, -0.25) is 14.5 Å². The number of allylic oxidation sites excluding steroid dienone is 1. The van der Waals surface area contributed by atoms with E-state index in [0.717, 1.165) is 50.5 Å². The number of aryl methyl sites for hydroxylation is 2. The number of benzene rings is 4. The molecule has 9 heteroatoms. The van der Waals surface area contributed by atoms with Crippen LogP contribution in [0.3, 0.4) is 0 Å². The molecule has 4 atom stereocenters. The molecule has 0 bridgehead atoms. The molecule has 4 aromatic rings. The number of amides is 2. The molecule has 4 aromatic carbocycles. The molecule has 8 nitrogen and oxygen atoms in total. The molecule has 0 unspecified atom stereocenters. The van der Waals surface area contributed by atoms with Gasteiger partial charge in [-0.25, -0.2) is 0 Å². The molecule has 2 amide bonds. The molecule has 0 spiro atoms. The van der Waals surface area contributed by atoms with Gasteiger partial charge in [0.15, 0.2) is 0 Å². The molecule has 0 aromatic heterocycles. The molecule has 1 aliphatic carbocycles. The second kappa shape index (κ2) is 14.6. The summed E-state index contributed by atoms with van der Waals surface area (Å²) in [5, 5.41) is 24.7. The van der Waals surface area contributed by atoms with E-state index in [-0.39, 0.29) is 30.7 Å². The van der Waals surface area contributed by atoms with E-state index < -0.39 is 25.1 Å². The Kier molecular flexibility index (Phi) is 9.85. The summed E-state index contributed by atoms with van der Waals surface area (Å²) < 4.78 is 12.5. The third-order valence-corrected chi connectivity index (χ3v) is 10.4. The zero-order chi connectivity index (χ0) is 35.6. The summed E-state index contributed by atoms with van der Waals surface area (Å²) in [5.74, 6) is -0.951. The third-order valence-electron chi connectivity index (χ3n) is 10.4. The van der Waals surface area contributed by atoms with Gasteiger partial charge < -0.3 is 24.8 Å². The molecule has 260 valence electrons. The highest BCUT2D eigenvalue weighted by molar-refractivity contribution is 6.43. The van der Waals surface area contributed by atoms with E-state index in [0.29, 0.717) is 30.7 Å². The van der Waals surface area contributed by atoms with Crippen molar-refractivity contribution in [3.63, 3.8) is 0 Å². The summed E-state index contributed by atoms with van der Waals surface area (Å²) in [6.07, 6.45) is 3.56. The maximum atomic E-state index is 14.3. The number of nitrogens with one attached hydrogen (secondary N) is 1. The Balaban J connectivity index is 1.16. The molecular weight excluding hydrogens is 639 g/mol. The van der Waals surface area contributed by atoms with E-state index in [1.54, 1.807) is 12.1 Å². The van der Waals surface area contributed by atoms with Crippen molar-refractivity contribution in [3.8, 4) is 11.5 Å². The van der Waals surface area contributed by atoms with Crippen molar-refractivity contribution in [1.29, 1.82) is 0 Å². The Bertz CT molecular complexity index is 1950. The number of aromatic hydroxyl groups is 1. The fourth-order valence-electron chi connectivity index (χ4n) is 8.01. The minimum Gasteiger partial charge on any atom is -0.507 e. The summed E-state index contributed by atoms with van der Waals surface area (Å²) in [7, 11) is -1.06. The number of ether oxygens (including phenoxy) is 1. The minimum atomic E-state index is -1.06. The Morgan fingerprint density at radius 3 is 2.25 bits per heavy atom. The molecular formula is C42H43BN2O6. The smallest absolute Gasteiger partial charge is 0.455 e. The molecule has 2 heterocycles. The average Bonchev–Trinajstić information content (AvgIpc) is 3.38. The van der Waals surface area contributed by atoms with Gasteiger partial charge in [-0.05, 0) is 141 Å². The van der Waals surface area contributed by atoms with E-state index in [4.69, 9.17) is 9.39 Å². The van der Waals surface area contributed by atoms with E-state index in [9.17, 15) is 19.7 Å². The van der Waals surface area contributed by atoms with Crippen molar-refractivity contribution >= 4 is 42.1 Å². The Hall–Kier alpha value is -5.12. The zero-order valence-electron chi connectivity index (χ0n) is 29.2. The molecule has 0 radical (unpaired) electrons. The molecule has 0 saturated carbocycles. The molecule has 3 N–H and O–H groups in total. The van der Waals surface area contributed by atoms with Gasteiger partial charge in [-0.1, -0.05) is 48.0 Å². The van der Waals surface area contributed by atoms with Crippen LogP contribution in [0.2, 0.25) is 6.32 Å². The number of fused-ring (bicyclic) bond motifs is 3. The van der Waals surface area contributed by atoms with Crippen LogP contribution in [-0.2, 0) is 14.2 Å². The van der Waals surface area contributed by atoms with Crippen molar-refractivity contribution in [3.05, 3.63) is 130 Å². The number of anilines is 3. The number of hydrogen-bond donors (Lipinski definition) is 3. The monoisotopic (exact) mass is 682 g/mol. The van der Waals surface area contributed by atoms with Crippen LogP contribution < -0.4 is 15.0 Å². The molecule has 7 rings (SSSR count). The first kappa shape index (κ1) is 34.3. The van der Waals surface area contributed by atoms with E-state index in [1.807, 2.05) is 98.8 Å². The van der Waals surface area contributed by atoms with Crippen LogP contribution >= 0.6 is 0 Å². The summed E-state index contributed by atoms with van der Waals surface area (Å²) in [6, 6.07) is 30.7. The predicted molar refractivity (Wildman–Crippen MR) is 201 cm³/mol. The number of carbonyl (C=O) groups excluding carboxylic acids is 2. The van der Waals surface area contributed by atoms with Gasteiger partial charge in [0.05, 0.1) is 23.6 Å². The standard InChI is InChI=1S/C42H43BN2O6/c1-26(20-29-21-27(2)40(46)28(3)22-29)14-19-37-38-30(25-50-34-12-8-5-9-13-34)23-35-39(36(38)24-43(49)51-37)42(48)45(41(35)47)33-17-15-32(16-18-33)44-31-10-6-4-7-11-31/h4-13,15-18,20-22,35-37,39,44,46,49H,14,19,23-25H2,1-3H3/b26-20+/t35-,36+,37-,39-/m1/s1. The maximum absolute atomic E-state index is 14.3. The van der Waals surface area contributed by atoms with Crippen LogP contribution in [0, 0.1) is 31.6 Å². The van der Waals surface area contributed by atoms with Crippen LogP contribution in [0.4, 0.5) is 17.1 Å². The molecule has 2 fully saturated rings. The number of hydrogen-bond acceptors (Lipinski definition) is 7. The normalized spacial score (nSPS) is 21.8. The third kappa shape index (κ3) is 7.23. The Morgan fingerprint density at radius 1 is 0.922 bits per heavy atom. The quantitative estimate of drug-likeness (QED) is 0.0884. The summed E-state index contributed by atoms with van der Waals surface area (Å²) >= 11 is 0. The molecule has 2 aliphatic heterocycles. The Labute approximate surface area is 299 Å². The van der Waals surface area contributed by atoms with Gasteiger partial charge in [0.1, 0.15) is 18.1 Å². The first-order valence-corrected chi connectivity index (χ1v) is 17.7. The highest BCUT2D eigenvalue weighted by Gasteiger charge is 2.57. The topological polar surface area (TPSA) is 108 Å². The largest absolute Gasteiger partial charge is 0.507 e. The van der Waals surface area contributed by atoms with Crippen molar-refractivity contribution < 1.29 is 29.1 Å². The maximum Gasteiger partial charge on any atom is 0.455 e. The summed E-state index contributed by atoms with van der Waals surface area (Å²) in [6.45, 7) is 6.11. The lowest BCUT2D eigenvalue weighted by molar-refractivity contribution is -0.122. The molecule has 2 saturated heterocycles. The number of para-hydroxylation sites is 2. The van der Waals surface area contributed by atoms with Gasteiger partial charge in [0.2, 0.25) is 11.8 Å².